The molecule has 18 heavy (non-hydrogen) atoms. The summed E-state index contributed by atoms with van der Waals surface area (Å²) < 4.78 is 0. The van der Waals surface area contributed by atoms with Crippen LogP contribution >= 0.6 is 0 Å². The first-order chi connectivity index (χ1) is 8.81. The minimum Gasteiger partial charge on any atom is -0.399 e. The van der Waals surface area contributed by atoms with Gasteiger partial charge < -0.3 is 5.73 Å². The molecular weight excluding hydrogens is 220 g/mol. The molecule has 2 aromatic rings. The molecule has 1 aliphatic rings. The Balaban J connectivity index is 1.60. The van der Waals surface area contributed by atoms with Crippen molar-refractivity contribution in [3.8, 4) is 0 Å². The zero-order valence-corrected chi connectivity index (χ0v) is 10.5. The monoisotopic (exact) mass is 238 g/mol. The molecule has 1 aliphatic heterocycles. The SMILES string of the molecule is Nc1cccc(CCN2Cc3ccccc3C2)c1. The molecule has 2 N–H and O–H groups in total. The van der Waals surface area contributed by atoms with E-state index < -0.39 is 0 Å². The van der Waals surface area contributed by atoms with Gasteiger partial charge in [-0.1, -0.05) is 36.4 Å². The standard InChI is InChI=1S/C16H18N2/c17-16-7-3-4-13(10-16)8-9-18-11-14-5-1-2-6-15(14)12-18/h1-7,10H,8-9,11-12,17H2. The Labute approximate surface area is 108 Å². The highest BCUT2D eigenvalue weighted by Crippen LogP contribution is 2.22. The molecule has 92 valence electrons. The van der Waals surface area contributed by atoms with Crippen molar-refractivity contribution in [1.29, 1.82) is 0 Å². The average molecular weight is 238 g/mol. The predicted octanol–water partition coefficient (Wildman–Crippen LogP) is 2.83. The van der Waals surface area contributed by atoms with Crippen molar-refractivity contribution in [3.63, 3.8) is 0 Å². The normalized spacial score (nSPS) is 14.7. The fourth-order valence-electron chi connectivity index (χ4n) is 2.60. The molecule has 0 unspecified atom stereocenters. The zero-order valence-electron chi connectivity index (χ0n) is 10.5. The maximum absolute atomic E-state index is 5.80. The summed E-state index contributed by atoms with van der Waals surface area (Å²) in [6.07, 6.45) is 1.07. The highest BCUT2D eigenvalue weighted by molar-refractivity contribution is 5.40. The molecule has 0 aromatic heterocycles. The maximum atomic E-state index is 5.80. The van der Waals surface area contributed by atoms with Crippen LogP contribution in [0.1, 0.15) is 16.7 Å². The number of hydrogen-bond donors (Lipinski definition) is 1. The summed E-state index contributed by atoms with van der Waals surface area (Å²) >= 11 is 0. The van der Waals surface area contributed by atoms with Crippen molar-refractivity contribution in [1.82, 2.24) is 4.90 Å². The van der Waals surface area contributed by atoms with E-state index in [1.54, 1.807) is 0 Å². The molecule has 0 radical (unpaired) electrons. The molecule has 1 heterocycles. The van der Waals surface area contributed by atoms with Gasteiger partial charge in [0, 0.05) is 25.3 Å². The van der Waals surface area contributed by atoms with Crippen LogP contribution in [-0.4, -0.2) is 11.4 Å². The Kier molecular flexibility index (Phi) is 3.03. The van der Waals surface area contributed by atoms with Crippen molar-refractivity contribution in [2.45, 2.75) is 19.5 Å². The largest absolute Gasteiger partial charge is 0.399 e. The lowest BCUT2D eigenvalue weighted by atomic mass is 10.1. The summed E-state index contributed by atoms with van der Waals surface area (Å²) in [4.78, 5) is 2.49. The minimum atomic E-state index is 0.859. The van der Waals surface area contributed by atoms with Crippen LogP contribution in [0.15, 0.2) is 48.5 Å². The number of nitrogens with zero attached hydrogens (tertiary/aromatic N) is 1. The molecule has 0 saturated heterocycles. The smallest absolute Gasteiger partial charge is 0.0316 e. The first-order valence-electron chi connectivity index (χ1n) is 6.45. The van der Waals surface area contributed by atoms with Crippen LogP contribution in [0.4, 0.5) is 5.69 Å². The first-order valence-corrected chi connectivity index (χ1v) is 6.45. The highest BCUT2D eigenvalue weighted by Gasteiger charge is 2.17. The zero-order chi connectivity index (χ0) is 12.4. The second kappa shape index (κ2) is 4.83. The third-order valence-corrected chi connectivity index (χ3v) is 3.57. The van der Waals surface area contributed by atoms with Gasteiger partial charge in [-0.05, 0) is 35.2 Å². The van der Waals surface area contributed by atoms with Gasteiger partial charge in [-0.3, -0.25) is 4.90 Å². The third-order valence-electron chi connectivity index (χ3n) is 3.57. The van der Waals surface area contributed by atoms with E-state index in [0.29, 0.717) is 0 Å². The van der Waals surface area contributed by atoms with Crippen molar-refractivity contribution in [3.05, 3.63) is 65.2 Å². The van der Waals surface area contributed by atoms with Crippen LogP contribution in [0.5, 0.6) is 0 Å². The van der Waals surface area contributed by atoms with E-state index in [-0.39, 0.29) is 0 Å². The molecule has 0 spiro atoms. The van der Waals surface area contributed by atoms with Crippen molar-refractivity contribution in [2.24, 2.45) is 0 Å². The lowest BCUT2D eigenvalue weighted by Gasteiger charge is -2.14. The number of nitrogen functional groups attached to an aromatic ring is 1. The van der Waals surface area contributed by atoms with Gasteiger partial charge in [0.1, 0.15) is 0 Å². The Morgan fingerprint density at radius 3 is 2.33 bits per heavy atom. The molecule has 0 saturated carbocycles. The van der Waals surface area contributed by atoms with Gasteiger partial charge in [-0.25, -0.2) is 0 Å². The van der Waals surface area contributed by atoms with Crippen LogP contribution in [0.3, 0.4) is 0 Å². The van der Waals surface area contributed by atoms with Crippen LogP contribution in [-0.2, 0) is 19.5 Å². The summed E-state index contributed by atoms with van der Waals surface area (Å²) in [6.45, 7) is 3.26. The van der Waals surface area contributed by atoms with E-state index >= 15 is 0 Å². The van der Waals surface area contributed by atoms with Gasteiger partial charge in [-0.15, -0.1) is 0 Å². The summed E-state index contributed by atoms with van der Waals surface area (Å²) in [5.74, 6) is 0. The first kappa shape index (κ1) is 11.3. The average Bonchev–Trinajstić information content (AvgIpc) is 2.79. The molecule has 0 fully saturated rings. The number of anilines is 1. The molecule has 0 bridgehead atoms. The maximum Gasteiger partial charge on any atom is 0.0316 e. The molecule has 0 atom stereocenters. The van der Waals surface area contributed by atoms with Gasteiger partial charge in [0.15, 0.2) is 0 Å². The van der Waals surface area contributed by atoms with Gasteiger partial charge in [0.05, 0.1) is 0 Å². The predicted molar refractivity (Wildman–Crippen MR) is 75.1 cm³/mol. The topological polar surface area (TPSA) is 29.3 Å². The van der Waals surface area contributed by atoms with Gasteiger partial charge in [0.25, 0.3) is 0 Å². The second-order valence-corrected chi connectivity index (χ2v) is 4.97. The summed E-state index contributed by atoms with van der Waals surface area (Å²) in [5, 5.41) is 0. The lowest BCUT2D eigenvalue weighted by molar-refractivity contribution is 0.288. The van der Waals surface area contributed by atoms with Crippen LogP contribution < -0.4 is 5.73 Å². The third kappa shape index (κ3) is 2.39. The Hall–Kier alpha value is -1.80. The van der Waals surface area contributed by atoms with Crippen LogP contribution in [0, 0.1) is 0 Å². The highest BCUT2D eigenvalue weighted by atomic mass is 15.1. The summed E-state index contributed by atoms with van der Waals surface area (Å²) in [6, 6.07) is 16.9. The Morgan fingerprint density at radius 2 is 1.67 bits per heavy atom. The number of nitrogens with two attached hydrogens (primary N) is 1. The quantitative estimate of drug-likeness (QED) is 0.833. The second-order valence-electron chi connectivity index (χ2n) is 4.97. The van der Waals surface area contributed by atoms with Gasteiger partial charge >= 0.3 is 0 Å². The van der Waals surface area contributed by atoms with Crippen LogP contribution in [0.25, 0.3) is 0 Å². The molecule has 2 heteroatoms. The van der Waals surface area contributed by atoms with E-state index in [9.17, 15) is 0 Å². The van der Waals surface area contributed by atoms with E-state index in [1.807, 2.05) is 12.1 Å². The molecule has 3 rings (SSSR count). The molecular formula is C16H18N2. The summed E-state index contributed by atoms with van der Waals surface area (Å²) in [7, 11) is 0. The number of hydrogen-bond acceptors (Lipinski definition) is 2. The molecule has 2 aromatic carbocycles. The van der Waals surface area contributed by atoms with E-state index in [1.165, 1.54) is 16.7 Å². The molecule has 0 aliphatic carbocycles. The van der Waals surface area contributed by atoms with Gasteiger partial charge in [0.2, 0.25) is 0 Å². The number of fused-ring (bicyclic) bond motifs is 1. The number of rotatable bonds is 3. The fourth-order valence-corrected chi connectivity index (χ4v) is 2.60. The van der Waals surface area contributed by atoms with E-state index in [2.05, 4.69) is 41.3 Å². The van der Waals surface area contributed by atoms with Crippen molar-refractivity contribution in [2.75, 3.05) is 12.3 Å². The van der Waals surface area contributed by atoms with E-state index in [0.717, 1.165) is 31.7 Å². The summed E-state index contributed by atoms with van der Waals surface area (Å²) in [5.41, 5.74) is 10.9. The Morgan fingerprint density at radius 1 is 0.944 bits per heavy atom. The molecule has 0 amide bonds. The van der Waals surface area contributed by atoms with Crippen LogP contribution in [0.2, 0.25) is 0 Å². The lowest BCUT2D eigenvalue weighted by Crippen LogP contribution is -2.19. The number of benzene rings is 2. The van der Waals surface area contributed by atoms with Crippen molar-refractivity contribution >= 4 is 5.69 Å². The fraction of sp³-hybridized carbons (Fsp3) is 0.250. The van der Waals surface area contributed by atoms with Gasteiger partial charge in [-0.2, -0.15) is 0 Å². The molecule has 2 nitrogen and oxygen atoms in total. The Bertz CT molecular complexity index is 523. The van der Waals surface area contributed by atoms with E-state index in [4.69, 9.17) is 5.73 Å². The van der Waals surface area contributed by atoms with Crippen molar-refractivity contribution < 1.29 is 0 Å². The minimum absolute atomic E-state index is 0.859.